The molecule has 0 radical (unpaired) electrons. The summed E-state index contributed by atoms with van der Waals surface area (Å²) >= 11 is 1.70. The average Bonchev–Trinajstić information content (AvgIpc) is 2.91. The van der Waals surface area contributed by atoms with Crippen LogP contribution >= 0.6 is 11.3 Å². The van der Waals surface area contributed by atoms with Crippen molar-refractivity contribution in [2.24, 2.45) is 0 Å². The Morgan fingerprint density at radius 1 is 1.47 bits per heavy atom. The minimum Gasteiger partial charge on any atom is -0.388 e. The van der Waals surface area contributed by atoms with Gasteiger partial charge in [-0.2, -0.15) is 0 Å². The Kier molecular flexibility index (Phi) is 4.52. The third-order valence-corrected chi connectivity index (χ3v) is 3.64. The number of carbonyl (C=O) groups excluding carboxylic acids is 1. The maximum atomic E-state index is 12.1. The van der Waals surface area contributed by atoms with Gasteiger partial charge in [0.15, 0.2) is 0 Å². The molecule has 4 nitrogen and oxygen atoms in total. The lowest BCUT2D eigenvalue weighted by atomic mass is 10.2. The number of nitrogens with one attached hydrogen (secondary N) is 2. The van der Waals surface area contributed by atoms with Crippen LogP contribution < -0.4 is 10.6 Å². The molecule has 1 amide bonds. The van der Waals surface area contributed by atoms with E-state index in [-0.39, 0.29) is 11.9 Å². The van der Waals surface area contributed by atoms with E-state index in [4.69, 9.17) is 0 Å². The van der Waals surface area contributed by atoms with E-state index in [1.165, 1.54) is 4.88 Å². The predicted octanol–water partition coefficient (Wildman–Crippen LogP) is 2.55. The molecule has 5 heteroatoms. The first-order valence-electron chi connectivity index (χ1n) is 6.16. The second-order valence-electron chi connectivity index (χ2n) is 4.34. The van der Waals surface area contributed by atoms with Crippen LogP contribution in [0.15, 0.2) is 35.8 Å². The Bertz CT molecular complexity index is 539. The molecular weight excluding hydrogens is 258 g/mol. The molecule has 2 N–H and O–H groups in total. The highest BCUT2D eigenvalue weighted by atomic mass is 32.1. The number of hydrogen-bond acceptors (Lipinski definition) is 4. The standard InChI is InChI=1S/C14H17N3OS/c1-10(8-12-4-3-7-19-12)17-14(18)13-9-11(15-2)5-6-16-13/h3-7,9-10H,8H2,1-2H3,(H,15,16)(H,17,18). The van der Waals surface area contributed by atoms with E-state index in [1.807, 2.05) is 31.5 Å². The molecule has 19 heavy (non-hydrogen) atoms. The molecule has 0 aliphatic rings. The quantitative estimate of drug-likeness (QED) is 0.881. The Balaban J connectivity index is 1.96. The van der Waals surface area contributed by atoms with E-state index in [9.17, 15) is 4.79 Å². The van der Waals surface area contributed by atoms with Crippen molar-refractivity contribution in [3.8, 4) is 0 Å². The molecular formula is C14H17N3OS. The summed E-state index contributed by atoms with van der Waals surface area (Å²) in [5.74, 6) is -0.138. The average molecular weight is 275 g/mol. The summed E-state index contributed by atoms with van der Waals surface area (Å²) in [6.07, 6.45) is 2.47. The molecule has 1 atom stereocenters. The molecule has 0 saturated carbocycles. The molecule has 0 bridgehead atoms. The van der Waals surface area contributed by atoms with Crippen molar-refractivity contribution >= 4 is 22.9 Å². The van der Waals surface area contributed by atoms with Gasteiger partial charge < -0.3 is 10.6 Å². The Morgan fingerprint density at radius 2 is 2.32 bits per heavy atom. The van der Waals surface area contributed by atoms with E-state index in [2.05, 4.69) is 21.7 Å². The lowest BCUT2D eigenvalue weighted by Crippen LogP contribution is -2.34. The van der Waals surface area contributed by atoms with Gasteiger partial charge in [-0.15, -0.1) is 11.3 Å². The summed E-state index contributed by atoms with van der Waals surface area (Å²) < 4.78 is 0. The van der Waals surface area contributed by atoms with Crippen LogP contribution in [0.5, 0.6) is 0 Å². The van der Waals surface area contributed by atoms with Crippen molar-refractivity contribution in [1.29, 1.82) is 0 Å². The van der Waals surface area contributed by atoms with E-state index in [1.54, 1.807) is 23.6 Å². The molecule has 2 aromatic heterocycles. The normalized spacial score (nSPS) is 11.9. The number of rotatable bonds is 5. The Labute approximate surface area is 116 Å². The number of amides is 1. The molecule has 100 valence electrons. The lowest BCUT2D eigenvalue weighted by molar-refractivity contribution is 0.0935. The monoisotopic (exact) mass is 275 g/mol. The largest absolute Gasteiger partial charge is 0.388 e. The highest BCUT2D eigenvalue weighted by molar-refractivity contribution is 7.09. The minimum atomic E-state index is -0.138. The summed E-state index contributed by atoms with van der Waals surface area (Å²) in [7, 11) is 1.82. The summed E-state index contributed by atoms with van der Waals surface area (Å²) in [6.45, 7) is 2.00. The van der Waals surface area contributed by atoms with Gasteiger partial charge in [0, 0.05) is 36.3 Å². The second kappa shape index (κ2) is 6.33. The van der Waals surface area contributed by atoms with Crippen LogP contribution in [0.4, 0.5) is 5.69 Å². The highest BCUT2D eigenvalue weighted by Crippen LogP contribution is 2.11. The molecule has 0 aliphatic heterocycles. The maximum Gasteiger partial charge on any atom is 0.270 e. The predicted molar refractivity (Wildman–Crippen MR) is 78.7 cm³/mol. The van der Waals surface area contributed by atoms with Crippen molar-refractivity contribution in [2.75, 3.05) is 12.4 Å². The van der Waals surface area contributed by atoms with Gasteiger partial charge in [0.05, 0.1) is 0 Å². The number of thiophene rings is 1. The summed E-state index contributed by atoms with van der Waals surface area (Å²) in [5, 5.41) is 8.00. The smallest absolute Gasteiger partial charge is 0.270 e. The van der Waals surface area contributed by atoms with Crippen LogP contribution in [0.25, 0.3) is 0 Å². The molecule has 0 spiro atoms. The van der Waals surface area contributed by atoms with Gasteiger partial charge in [-0.25, -0.2) is 0 Å². The van der Waals surface area contributed by atoms with Crippen molar-refractivity contribution in [2.45, 2.75) is 19.4 Å². The first kappa shape index (κ1) is 13.5. The number of nitrogens with zero attached hydrogens (tertiary/aromatic N) is 1. The van der Waals surface area contributed by atoms with E-state index in [0.717, 1.165) is 12.1 Å². The zero-order chi connectivity index (χ0) is 13.7. The molecule has 0 aliphatic carbocycles. The fourth-order valence-electron chi connectivity index (χ4n) is 1.79. The zero-order valence-electron chi connectivity index (χ0n) is 11.0. The summed E-state index contributed by atoms with van der Waals surface area (Å²) in [4.78, 5) is 17.4. The van der Waals surface area contributed by atoms with E-state index >= 15 is 0 Å². The maximum absolute atomic E-state index is 12.1. The van der Waals surface area contributed by atoms with Gasteiger partial charge in [0.1, 0.15) is 5.69 Å². The number of pyridine rings is 1. The van der Waals surface area contributed by atoms with Gasteiger partial charge in [0.2, 0.25) is 0 Å². The Morgan fingerprint density at radius 3 is 3.00 bits per heavy atom. The summed E-state index contributed by atoms with van der Waals surface area (Å²) in [6, 6.07) is 7.75. The molecule has 2 rings (SSSR count). The van der Waals surface area contributed by atoms with Gasteiger partial charge in [-0.1, -0.05) is 6.07 Å². The van der Waals surface area contributed by atoms with Crippen LogP contribution in [-0.4, -0.2) is 24.0 Å². The molecule has 2 aromatic rings. The third-order valence-electron chi connectivity index (χ3n) is 2.75. The van der Waals surface area contributed by atoms with Crippen LogP contribution in [0.2, 0.25) is 0 Å². The highest BCUT2D eigenvalue weighted by Gasteiger charge is 2.12. The van der Waals surface area contributed by atoms with Gasteiger partial charge in [0.25, 0.3) is 5.91 Å². The first-order chi connectivity index (χ1) is 9.19. The van der Waals surface area contributed by atoms with Crippen LogP contribution in [0.1, 0.15) is 22.3 Å². The van der Waals surface area contributed by atoms with Crippen LogP contribution in [0, 0.1) is 0 Å². The second-order valence-corrected chi connectivity index (χ2v) is 5.37. The van der Waals surface area contributed by atoms with Crippen molar-refractivity contribution in [3.63, 3.8) is 0 Å². The van der Waals surface area contributed by atoms with Gasteiger partial charge >= 0.3 is 0 Å². The van der Waals surface area contributed by atoms with E-state index in [0.29, 0.717) is 5.69 Å². The Hall–Kier alpha value is -1.88. The molecule has 0 fully saturated rings. The van der Waals surface area contributed by atoms with Gasteiger partial charge in [-0.3, -0.25) is 9.78 Å². The van der Waals surface area contributed by atoms with Crippen LogP contribution in [0.3, 0.4) is 0 Å². The molecule has 2 heterocycles. The van der Waals surface area contributed by atoms with Crippen molar-refractivity contribution in [1.82, 2.24) is 10.3 Å². The molecule has 0 aromatic carbocycles. The topological polar surface area (TPSA) is 54.0 Å². The number of carbonyl (C=O) groups is 1. The third kappa shape index (κ3) is 3.79. The molecule has 1 unspecified atom stereocenters. The first-order valence-corrected chi connectivity index (χ1v) is 7.04. The minimum absolute atomic E-state index is 0.0891. The number of anilines is 1. The lowest BCUT2D eigenvalue weighted by Gasteiger charge is -2.12. The SMILES string of the molecule is CNc1ccnc(C(=O)NC(C)Cc2cccs2)c1. The fraction of sp³-hybridized carbons (Fsp3) is 0.286. The van der Waals surface area contributed by atoms with Crippen LogP contribution in [-0.2, 0) is 6.42 Å². The zero-order valence-corrected chi connectivity index (χ0v) is 11.8. The molecule has 0 saturated heterocycles. The van der Waals surface area contributed by atoms with Crippen molar-refractivity contribution < 1.29 is 4.79 Å². The number of aromatic nitrogens is 1. The summed E-state index contributed by atoms with van der Waals surface area (Å²) in [5.41, 5.74) is 1.32. The number of hydrogen-bond donors (Lipinski definition) is 2. The van der Waals surface area contributed by atoms with Crippen molar-refractivity contribution in [3.05, 3.63) is 46.4 Å². The van der Waals surface area contributed by atoms with E-state index < -0.39 is 0 Å². The van der Waals surface area contributed by atoms with Gasteiger partial charge in [-0.05, 0) is 30.5 Å². The fourth-order valence-corrected chi connectivity index (χ4v) is 2.62.